The highest BCUT2D eigenvalue weighted by atomic mass is 127. The molecule has 0 aliphatic heterocycles. The normalized spacial score (nSPS) is 11.4. The first kappa shape index (κ1) is 21.6. The van der Waals surface area contributed by atoms with Crippen LogP contribution in [0.3, 0.4) is 0 Å². The molecule has 0 amide bonds. The SMILES string of the molecule is CCNC(=NCc1cccs1)NCCN(C)CCCOC.I. The molecule has 128 valence electrons. The van der Waals surface area contributed by atoms with Crippen LogP contribution < -0.4 is 10.6 Å². The molecule has 22 heavy (non-hydrogen) atoms. The van der Waals surface area contributed by atoms with Crippen molar-refractivity contribution < 1.29 is 4.74 Å². The van der Waals surface area contributed by atoms with Gasteiger partial charge in [0.25, 0.3) is 0 Å². The van der Waals surface area contributed by atoms with E-state index in [1.54, 1.807) is 18.4 Å². The number of hydrogen-bond acceptors (Lipinski definition) is 4. The predicted octanol–water partition coefficient (Wildman–Crippen LogP) is 2.39. The third kappa shape index (κ3) is 10.4. The Balaban J connectivity index is 0.00000441. The fourth-order valence-electron chi connectivity index (χ4n) is 1.86. The van der Waals surface area contributed by atoms with Crippen molar-refractivity contribution in [3.8, 4) is 0 Å². The number of halogens is 1. The van der Waals surface area contributed by atoms with Gasteiger partial charge in [-0.05, 0) is 31.8 Å². The van der Waals surface area contributed by atoms with Crippen LogP contribution in [0.2, 0.25) is 0 Å². The second-order valence-electron chi connectivity index (χ2n) is 4.85. The quantitative estimate of drug-likeness (QED) is 0.254. The standard InChI is InChI=1S/C15H28N4OS.HI/c1-4-16-15(18-13-14-7-5-12-21-14)17-8-10-19(2)9-6-11-20-3;/h5,7,12H,4,6,8-11,13H2,1-3H3,(H2,16,17,18);1H. The summed E-state index contributed by atoms with van der Waals surface area (Å²) in [6, 6.07) is 4.17. The first-order valence-electron chi connectivity index (χ1n) is 7.48. The van der Waals surface area contributed by atoms with E-state index in [1.165, 1.54) is 4.88 Å². The van der Waals surface area contributed by atoms with E-state index < -0.39 is 0 Å². The van der Waals surface area contributed by atoms with Crippen LogP contribution in [0.25, 0.3) is 0 Å². The second-order valence-corrected chi connectivity index (χ2v) is 5.88. The molecule has 0 atom stereocenters. The van der Waals surface area contributed by atoms with Gasteiger partial charge in [0, 0.05) is 44.8 Å². The van der Waals surface area contributed by atoms with Gasteiger partial charge >= 0.3 is 0 Å². The molecule has 1 heterocycles. The highest BCUT2D eigenvalue weighted by Gasteiger charge is 2.00. The molecule has 5 nitrogen and oxygen atoms in total. The van der Waals surface area contributed by atoms with Crippen molar-refractivity contribution in [1.29, 1.82) is 0 Å². The van der Waals surface area contributed by atoms with E-state index in [4.69, 9.17) is 4.74 Å². The number of likely N-dealkylation sites (N-methyl/N-ethyl adjacent to an activating group) is 1. The Morgan fingerprint density at radius 2 is 2.18 bits per heavy atom. The molecule has 0 aliphatic rings. The van der Waals surface area contributed by atoms with Crippen molar-refractivity contribution >= 4 is 41.3 Å². The van der Waals surface area contributed by atoms with Gasteiger partial charge in [0.1, 0.15) is 0 Å². The summed E-state index contributed by atoms with van der Waals surface area (Å²) >= 11 is 1.74. The van der Waals surface area contributed by atoms with Gasteiger partial charge in [0.05, 0.1) is 6.54 Å². The van der Waals surface area contributed by atoms with E-state index in [0.29, 0.717) is 0 Å². The van der Waals surface area contributed by atoms with Crippen molar-refractivity contribution in [1.82, 2.24) is 15.5 Å². The van der Waals surface area contributed by atoms with E-state index in [2.05, 4.69) is 52.0 Å². The van der Waals surface area contributed by atoms with E-state index in [0.717, 1.165) is 51.7 Å². The van der Waals surface area contributed by atoms with Crippen molar-refractivity contribution in [3.05, 3.63) is 22.4 Å². The Morgan fingerprint density at radius 3 is 2.82 bits per heavy atom. The van der Waals surface area contributed by atoms with Crippen LogP contribution in [0.5, 0.6) is 0 Å². The van der Waals surface area contributed by atoms with Crippen molar-refractivity contribution in [2.75, 3.05) is 46.9 Å². The molecule has 0 saturated carbocycles. The van der Waals surface area contributed by atoms with Gasteiger partial charge in [0.2, 0.25) is 0 Å². The number of hydrogen-bond donors (Lipinski definition) is 2. The predicted molar refractivity (Wildman–Crippen MR) is 107 cm³/mol. The Morgan fingerprint density at radius 1 is 1.36 bits per heavy atom. The monoisotopic (exact) mass is 440 g/mol. The summed E-state index contributed by atoms with van der Waals surface area (Å²) in [5.41, 5.74) is 0. The lowest BCUT2D eigenvalue weighted by Gasteiger charge is -2.18. The summed E-state index contributed by atoms with van der Waals surface area (Å²) in [5, 5.41) is 8.73. The van der Waals surface area contributed by atoms with Gasteiger partial charge in [-0.15, -0.1) is 35.3 Å². The number of nitrogens with one attached hydrogen (secondary N) is 2. The Bertz CT molecular complexity index is 387. The lowest BCUT2D eigenvalue weighted by Crippen LogP contribution is -2.41. The molecule has 0 fully saturated rings. The van der Waals surface area contributed by atoms with Gasteiger partial charge in [-0.25, -0.2) is 4.99 Å². The minimum Gasteiger partial charge on any atom is -0.385 e. The summed E-state index contributed by atoms with van der Waals surface area (Å²) in [7, 11) is 3.88. The van der Waals surface area contributed by atoms with Gasteiger partial charge in [-0.3, -0.25) is 0 Å². The van der Waals surface area contributed by atoms with E-state index in [1.807, 2.05) is 0 Å². The Hall–Kier alpha value is -0.380. The highest BCUT2D eigenvalue weighted by Crippen LogP contribution is 2.09. The van der Waals surface area contributed by atoms with Crippen molar-refractivity contribution in [2.45, 2.75) is 19.9 Å². The zero-order chi connectivity index (χ0) is 15.3. The average Bonchev–Trinajstić information content (AvgIpc) is 2.98. The summed E-state index contributed by atoms with van der Waals surface area (Å²) < 4.78 is 5.06. The Labute approximate surface area is 155 Å². The van der Waals surface area contributed by atoms with Crippen molar-refractivity contribution in [2.24, 2.45) is 4.99 Å². The molecule has 0 unspecified atom stereocenters. The lowest BCUT2D eigenvalue weighted by atomic mass is 10.4. The molecule has 1 rings (SSSR count). The molecule has 0 aliphatic carbocycles. The van der Waals surface area contributed by atoms with Crippen LogP contribution in [0, 0.1) is 0 Å². The van der Waals surface area contributed by atoms with Crippen LogP contribution in [-0.2, 0) is 11.3 Å². The molecule has 0 saturated heterocycles. The molecule has 0 aromatic carbocycles. The number of thiophene rings is 1. The minimum absolute atomic E-state index is 0. The molecular weight excluding hydrogens is 411 g/mol. The number of methoxy groups -OCH3 is 1. The van der Waals surface area contributed by atoms with Crippen molar-refractivity contribution in [3.63, 3.8) is 0 Å². The highest BCUT2D eigenvalue weighted by molar-refractivity contribution is 14.0. The lowest BCUT2D eigenvalue weighted by molar-refractivity contribution is 0.180. The summed E-state index contributed by atoms with van der Waals surface area (Å²) in [6.45, 7) is 7.45. The van der Waals surface area contributed by atoms with E-state index in [9.17, 15) is 0 Å². The molecule has 2 N–H and O–H groups in total. The second kappa shape index (κ2) is 14.2. The van der Waals surface area contributed by atoms with Crippen LogP contribution >= 0.6 is 35.3 Å². The number of nitrogens with zero attached hydrogens (tertiary/aromatic N) is 2. The molecule has 0 radical (unpaired) electrons. The third-order valence-electron chi connectivity index (χ3n) is 2.99. The van der Waals surface area contributed by atoms with Crippen LogP contribution in [0.4, 0.5) is 0 Å². The van der Waals surface area contributed by atoms with Gasteiger partial charge in [-0.1, -0.05) is 6.07 Å². The zero-order valence-electron chi connectivity index (χ0n) is 13.8. The summed E-state index contributed by atoms with van der Waals surface area (Å²) in [4.78, 5) is 8.18. The Kier molecular flexibility index (Phi) is 14.0. The fourth-order valence-corrected chi connectivity index (χ4v) is 2.49. The zero-order valence-corrected chi connectivity index (χ0v) is 16.9. The summed E-state index contributed by atoms with van der Waals surface area (Å²) in [6.07, 6.45) is 1.07. The molecule has 1 aromatic rings. The molecule has 1 aromatic heterocycles. The maximum Gasteiger partial charge on any atom is 0.191 e. The molecular formula is C15H29IN4OS. The molecule has 0 bridgehead atoms. The smallest absolute Gasteiger partial charge is 0.191 e. The van der Waals surface area contributed by atoms with Crippen LogP contribution in [0.15, 0.2) is 22.5 Å². The summed E-state index contributed by atoms with van der Waals surface area (Å²) in [5.74, 6) is 0.885. The number of aliphatic imine (C=N–C) groups is 1. The first-order valence-corrected chi connectivity index (χ1v) is 8.36. The van der Waals surface area contributed by atoms with E-state index >= 15 is 0 Å². The average molecular weight is 440 g/mol. The largest absolute Gasteiger partial charge is 0.385 e. The first-order chi connectivity index (χ1) is 10.3. The maximum absolute atomic E-state index is 5.06. The van der Waals surface area contributed by atoms with Gasteiger partial charge in [-0.2, -0.15) is 0 Å². The maximum atomic E-state index is 5.06. The fraction of sp³-hybridized carbons (Fsp3) is 0.667. The third-order valence-corrected chi connectivity index (χ3v) is 3.85. The number of rotatable bonds is 10. The van der Waals surface area contributed by atoms with Crippen LogP contribution in [0.1, 0.15) is 18.2 Å². The number of ether oxygens (including phenoxy) is 1. The number of guanidine groups is 1. The molecule has 0 spiro atoms. The molecule has 7 heteroatoms. The minimum atomic E-state index is 0. The van der Waals surface area contributed by atoms with E-state index in [-0.39, 0.29) is 24.0 Å². The van der Waals surface area contributed by atoms with Gasteiger partial charge < -0.3 is 20.3 Å². The van der Waals surface area contributed by atoms with Crippen LogP contribution in [-0.4, -0.2) is 57.8 Å². The van der Waals surface area contributed by atoms with Gasteiger partial charge in [0.15, 0.2) is 5.96 Å². The topological polar surface area (TPSA) is 48.9 Å².